The molecule has 0 amide bonds. The molecule has 0 saturated carbocycles. The fourth-order valence-electron chi connectivity index (χ4n) is 3.58. The fraction of sp³-hybridized carbons (Fsp3) is 0.200. The van der Waals surface area contributed by atoms with Crippen molar-refractivity contribution < 1.29 is 4.74 Å². The highest BCUT2D eigenvalue weighted by Gasteiger charge is 2.07. The van der Waals surface area contributed by atoms with Crippen molar-refractivity contribution >= 4 is 38.7 Å². The molecule has 1 N–H and O–H groups in total. The average molecular weight is 474 g/mol. The summed E-state index contributed by atoms with van der Waals surface area (Å²) in [6.45, 7) is 5.18. The van der Waals surface area contributed by atoms with Crippen molar-refractivity contribution in [3.8, 4) is 17.0 Å². The van der Waals surface area contributed by atoms with Gasteiger partial charge < -0.3 is 10.1 Å². The van der Waals surface area contributed by atoms with Crippen LogP contribution in [0.3, 0.4) is 0 Å². The van der Waals surface area contributed by atoms with E-state index in [9.17, 15) is 0 Å². The molecule has 0 bridgehead atoms. The molecule has 33 heavy (non-hydrogen) atoms. The summed E-state index contributed by atoms with van der Waals surface area (Å²) in [5, 5.41) is 6.54. The summed E-state index contributed by atoms with van der Waals surface area (Å²) in [7, 11) is 0. The van der Waals surface area contributed by atoms with Gasteiger partial charge in [-0.1, -0.05) is 18.2 Å². The predicted molar refractivity (Wildman–Crippen MR) is 135 cm³/mol. The smallest absolute Gasteiger partial charge is 0.131 e. The number of ether oxygens (including phenoxy) is 1. The number of fused-ring (bicyclic) bond motifs is 1. The molecule has 0 spiro atoms. The van der Waals surface area contributed by atoms with Crippen molar-refractivity contribution in [2.45, 2.75) is 26.9 Å². The molecule has 0 saturated heterocycles. The molecular formula is C25H23N5OS2. The third-order valence-electron chi connectivity index (χ3n) is 5.14. The molecule has 0 fully saturated rings. The number of benzene rings is 2. The van der Waals surface area contributed by atoms with Gasteiger partial charge in [0, 0.05) is 23.6 Å². The van der Waals surface area contributed by atoms with Crippen LogP contribution in [0.15, 0.2) is 59.4 Å². The Kier molecular flexibility index (Phi) is 6.28. The first-order valence-corrected chi connectivity index (χ1v) is 12.4. The maximum absolute atomic E-state index is 5.92. The van der Waals surface area contributed by atoms with Gasteiger partial charge in [-0.05, 0) is 50.1 Å². The molecule has 3 aromatic heterocycles. The second-order valence-electron chi connectivity index (χ2n) is 7.69. The molecule has 166 valence electrons. The van der Waals surface area contributed by atoms with Gasteiger partial charge >= 0.3 is 0 Å². The van der Waals surface area contributed by atoms with Crippen molar-refractivity contribution in [3.63, 3.8) is 0 Å². The lowest BCUT2D eigenvalue weighted by molar-refractivity contribution is 0.301. The Balaban J connectivity index is 1.22. The normalized spacial score (nSPS) is 11.1. The molecule has 0 radical (unpaired) electrons. The predicted octanol–water partition coefficient (Wildman–Crippen LogP) is 6.06. The minimum atomic E-state index is 0.488. The van der Waals surface area contributed by atoms with E-state index in [1.165, 1.54) is 5.56 Å². The van der Waals surface area contributed by atoms with E-state index in [-0.39, 0.29) is 0 Å². The first-order valence-electron chi connectivity index (χ1n) is 10.7. The summed E-state index contributed by atoms with van der Waals surface area (Å²) in [6, 6.07) is 16.4. The van der Waals surface area contributed by atoms with E-state index < -0.39 is 0 Å². The fourth-order valence-corrected chi connectivity index (χ4v) is 4.89. The molecule has 0 atom stereocenters. The average Bonchev–Trinajstić information content (AvgIpc) is 3.46. The highest BCUT2D eigenvalue weighted by atomic mass is 32.1. The molecule has 5 aromatic rings. The summed E-state index contributed by atoms with van der Waals surface area (Å²) >= 11 is 3.28. The van der Waals surface area contributed by atoms with Crippen molar-refractivity contribution in [3.05, 3.63) is 81.5 Å². The molecule has 0 unspecified atom stereocenters. The number of rotatable bonds is 8. The highest BCUT2D eigenvalue weighted by molar-refractivity contribution is 7.16. The summed E-state index contributed by atoms with van der Waals surface area (Å²) in [4.78, 5) is 18.0. The van der Waals surface area contributed by atoms with Gasteiger partial charge in [0.2, 0.25) is 0 Å². The van der Waals surface area contributed by atoms with E-state index in [2.05, 4.69) is 49.5 Å². The summed E-state index contributed by atoms with van der Waals surface area (Å²) in [6.07, 6.45) is 0.859. The first kappa shape index (κ1) is 21.5. The maximum Gasteiger partial charge on any atom is 0.131 e. The van der Waals surface area contributed by atoms with E-state index in [1.54, 1.807) is 22.7 Å². The molecule has 2 aromatic carbocycles. The number of aryl methyl sites for hydroxylation is 2. The topological polar surface area (TPSA) is 72.8 Å². The quantitative estimate of drug-likeness (QED) is 0.295. The zero-order valence-corrected chi connectivity index (χ0v) is 20.0. The van der Waals surface area contributed by atoms with Gasteiger partial charge in [0.25, 0.3) is 0 Å². The van der Waals surface area contributed by atoms with E-state index in [1.807, 2.05) is 49.0 Å². The number of anilines is 1. The minimum Gasteiger partial charge on any atom is -0.487 e. The van der Waals surface area contributed by atoms with E-state index in [4.69, 9.17) is 4.74 Å². The Hall–Kier alpha value is -3.36. The molecule has 5 rings (SSSR count). The summed E-state index contributed by atoms with van der Waals surface area (Å²) in [5.41, 5.74) is 7.03. The van der Waals surface area contributed by atoms with Crippen LogP contribution in [0.2, 0.25) is 0 Å². The Labute approximate surface area is 200 Å². The van der Waals surface area contributed by atoms with Gasteiger partial charge in [-0.15, -0.1) is 22.7 Å². The lowest BCUT2D eigenvalue weighted by Gasteiger charge is -2.10. The van der Waals surface area contributed by atoms with Crippen molar-refractivity contribution in [2.75, 3.05) is 11.9 Å². The van der Waals surface area contributed by atoms with Crippen molar-refractivity contribution in [1.82, 2.24) is 19.9 Å². The molecular weight excluding hydrogens is 450 g/mol. The lowest BCUT2D eigenvalue weighted by atomic mass is 10.1. The Morgan fingerprint density at radius 1 is 0.970 bits per heavy atom. The maximum atomic E-state index is 5.92. The van der Waals surface area contributed by atoms with E-state index >= 15 is 0 Å². The molecule has 3 heterocycles. The van der Waals surface area contributed by atoms with Crippen LogP contribution in [0.1, 0.15) is 22.1 Å². The standard InChI is InChI=1S/C25H23N5OS2/c1-16-28-23(19-6-7-22-24(11-19)33-15-27-22)12-25(29-16)26-9-8-18-4-3-5-21(10-18)31-13-20-14-32-17(2)30-20/h3-7,10-12,14-15H,8-9,13H2,1-2H3,(H,26,28,29). The SMILES string of the molecule is Cc1nc(NCCc2cccc(OCc3csc(C)n3)c2)cc(-c2ccc3ncsc3c2)n1. The van der Waals surface area contributed by atoms with E-state index in [0.29, 0.717) is 6.61 Å². The highest BCUT2D eigenvalue weighted by Crippen LogP contribution is 2.26. The van der Waals surface area contributed by atoms with Crippen LogP contribution in [0, 0.1) is 13.8 Å². The molecule has 0 aliphatic rings. The summed E-state index contributed by atoms with van der Waals surface area (Å²) < 4.78 is 7.07. The van der Waals surface area contributed by atoms with Gasteiger partial charge in [0.15, 0.2) is 0 Å². The number of hydrogen-bond donors (Lipinski definition) is 1. The van der Waals surface area contributed by atoms with Crippen LogP contribution in [0.5, 0.6) is 5.75 Å². The Morgan fingerprint density at radius 3 is 2.79 bits per heavy atom. The van der Waals surface area contributed by atoms with Crippen LogP contribution in [0.4, 0.5) is 5.82 Å². The van der Waals surface area contributed by atoms with Gasteiger partial charge in [-0.25, -0.2) is 19.9 Å². The molecule has 6 nitrogen and oxygen atoms in total. The third-order valence-corrected chi connectivity index (χ3v) is 6.75. The van der Waals surface area contributed by atoms with E-state index in [0.717, 1.165) is 62.5 Å². The number of aromatic nitrogens is 4. The number of hydrogen-bond acceptors (Lipinski definition) is 8. The Morgan fingerprint density at radius 2 is 1.91 bits per heavy atom. The first-order chi connectivity index (χ1) is 16.1. The monoisotopic (exact) mass is 473 g/mol. The molecule has 8 heteroatoms. The van der Waals surface area contributed by atoms with Crippen LogP contribution >= 0.6 is 22.7 Å². The van der Waals surface area contributed by atoms with Gasteiger partial charge in [-0.2, -0.15) is 0 Å². The minimum absolute atomic E-state index is 0.488. The lowest BCUT2D eigenvalue weighted by Crippen LogP contribution is -2.08. The number of nitrogens with zero attached hydrogens (tertiary/aromatic N) is 4. The number of nitrogens with one attached hydrogen (secondary N) is 1. The zero-order valence-electron chi connectivity index (χ0n) is 18.4. The van der Waals surface area contributed by atoms with Gasteiger partial charge in [-0.3, -0.25) is 0 Å². The number of thiazole rings is 2. The third kappa shape index (κ3) is 5.35. The second-order valence-corrected chi connectivity index (χ2v) is 9.64. The molecule has 0 aliphatic carbocycles. The molecule has 0 aliphatic heterocycles. The largest absolute Gasteiger partial charge is 0.487 e. The van der Waals surface area contributed by atoms with Gasteiger partial charge in [0.05, 0.1) is 32.1 Å². The van der Waals surface area contributed by atoms with Crippen molar-refractivity contribution in [1.29, 1.82) is 0 Å². The Bertz CT molecular complexity index is 1390. The van der Waals surface area contributed by atoms with Crippen LogP contribution < -0.4 is 10.1 Å². The summed E-state index contributed by atoms with van der Waals surface area (Å²) in [5.74, 6) is 2.43. The van der Waals surface area contributed by atoms with Gasteiger partial charge in [0.1, 0.15) is 24.0 Å². The van der Waals surface area contributed by atoms with Crippen LogP contribution in [-0.2, 0) is 13.0 Å². The van der Waals surface area contributed by atoms with Crippen molar-refractivity contribution in [2.24, 2.45) is 0 Å². The zero-order chi connectivity index (χ0) is 22.6. The second kappa shape index (κ2) is 9.64. The van der Waals surface area contributed by atoms with Crippen LogP contribution in [0.25, 0.3) is 21.5 Å². The van der Waals surface area contributed by atoms with Crippen LogP contribution in [-0.4, -0.2) is 26.5 Å².